The molecule has 1 aromatic rings. The molecule has 1 unspecified atom stereocenters. The van der Waals surface area contributed by atoms with Gasteiger partial charge in [0, 0.05) is 39.8 Å². The fourth-order valence-electron chi connectivity index (χ4n) is 3.09. The van der Waals surface area contributed by atoms with E-state index in [1.54, 1.807) is 29.9 Å². The number of aromatic nitrogens is 2. The summed E-state index contributed by atoms with van der Waals surface area (Å²) in [5, 5.41) is 7.65. The summed E-state index contributed by atoms with van der Waals surface area (Å²) in [5.74, 6) is 0.519. The molecule has 2 saturated heterocycles. The van der Waals surface area contributed by atoms with E-state index in [9.17, 15) is 9.59 Å². The van der Waals surface area contributed by atoms with Gasteiger partial charge in [-0.3, -0.25) is 14.4 Å². The van der Waals surface area contributed by atoms with E-state index in [4.69, 9.17) is 11.6 Å². The van der Waals surface area contributed by atoms with Crippen molar-refractivity contribution in [3.8, 4) is 0 Å². The zero-order chi connectivity index (χ0) is 15.2. The lowest BCUT2D eigenvalue weighted by molar-refractivity contribution is -0.119. The molecule has 1 spiro atoms. The molecule has 0 saturated carbocycles. The summed E-state index contributed by atoms with van der Waals surface area (Å²) >= 11 is 6.08. The van der Waals surface area contributed by atoms with Crippen LogP contribution >= 0.6 is 11.6 Å². The SMILES string of the molecule is CN(C(=O)N1CCC2(CCC(=O)N2)C1)c1nn(C)cc1Cl. The fourth-order valence-corrected chi connectivity index (χ4v) is 3.40. The third kappa shape index (κ3) is 2.46. The Morgan fingerprint density at radius 1 is 1.52 bits per heavy atom. The molecule has 0 aromatic carbocycles. The third-order valence-electron chi connectivity index (χ3n) is 4.23. The van der Waals surface area contributed by atoms with Crippen molar-refractivity contribution in [2.75, 3.05) is 25.0 Å². The normalized spacial score (nSPS) is 24.7. The van der Waals surface area contributed by atoms with E-state index in [0.717, 1.165) is 12.8 Å². The van der Waals surface area contributed by atoms with E-state index in [2.05, 4.69) is 10.4 Å². The fraction of sp³-hybridized carbons (Fsp3) is 0.615. The van der Waals surface area contributed by atoms with Crippen LogP contribution in [0.15, 0.2) is 6.20 Å². The van der Waals surface area contributed by atoms with E-state index in [1.165, 1.54) is 4.90 Å². The predicted molar refractivity (Wildman–Crippen MR) is 78.3 cm³/mol. The molecular weight excluding hydrogens is 294 g/mol. The van der Waals surface area contributed by atoms with E-state index < -0.39 is 0 Å². The molecule has 1 atom stereocenters. The molecule has 0 aliphatic carbocycles. The van der Waals surface area contributed by atoms with Crippen LogP contribution in [-0.2, 0) is 11.8 Å². The van der Waals surface area contributed by atoms with Crippen LogP contribution in [0.5, 0.6) is 0 Å². The molecular formula is C13H18ClN5O2. The number of carbonyl (C=O) groups excluding carboxylic acids is 2. The molecule has 2 aliphatic heterocycles. The van der Waals surface area contributed by atoms with Crippen LogP contribution in [0.1, 0.15) is 19.3 Å². The molecule has 21 heavy (non-hydrogen) atoms. The molecule has 2 fully saturated rings. The minimum Gasteiger partial charge on any atom is -0.349 e. The van der Waals surface area contributed by atoms with Gasteiger partial charge in [0.25, 0.3) is 0 Å². The highest BCUT2D eigenvalue weighted by atomic mass is 35.5. The second-order valence-corrected chi connectivity index (χ2v) is 6.22. The Hall–Kier alpha value is -1.76. The summed E-state index contributed by atoms with van der Waals surface area (Å²) in [6.07, 6.45) is 3.80. The number of aryl methyl sites for hydroxylation is 1. The van der Waals surface area contributed by atoms with E-state index in [0.29, 0.717) is 30.4 Å². The number of nitrogens with zero attached hydrogens (tertiary/aromatic N) is 4. The van der Waals surface area contributed by atoms with Crippen molar-refractivity contribution >= 4 is 29.4 Å². The Morgan fingerprint density at radius 3 is 2.86 bits per heavy atom. The average molecular weight is 312 g/mol. The molecule has 1 N–H and O–H groups in total. The number of hydrogen-bond acceptors (Lipinski definition) is 3. The van der Waals surface area contributed by atoms with Crippen molar-refractivity contribution in [1.82, 2.24) is 20.0 Å². The summed E-state index contributed by atoms with van der Waals surface area (Å²) in [5.41, 5.74) is -0.235. The largest absolute Gasteiger partial charge is 0.349 e. The van der Waals surface area contributed by atoms with Gasteiger partial charge in [-0.2, -0.15) is 5.10 Å². The molecule has 114 valence electrons. The number of urea groups is 1. The highest BCUT2D eigenvalue weighted by molar-refractivity contribution is 6.33. The first-order chi connectivity index (χ1) is 9.90. The zero-order valence-corrected chi connectivity index (χ0v) is 12.9. The first kappa shape index (κ1) is 14.2. The van der Waals surface area contributed by atoms with Crippen LogP contribution < -0.4 is 10.2 Å². The van der Waals surface area contributed by atoms with Gasteiger partial charge in [-0.05, 0) is 12.8 Å². The molecule has 3 rings (SSSR count). The maximum absolute atomic E-state index is 12.6. The van der Waals surface area contributed by atoms with Crippen molar-refractivity contribution in [2.45, 2.75) is 24.8 Å². The highest BCUT2D eigenvalue weighted by Crippen LogP contribution is 2.32. The van der Waals surface area contributed by atoms with Gasteiger partial charge in [-0.15, -0.1) is 0 Å². The Bertz CT molecular complexity index is 601. The Balaban J connectivity index is 1.72. The number of anilines is 1. The predicted octanol–water partition coefficient (Wildman–Crippen LogP) is 0.984. The molecule has 3 heterocycles. The van der Waals surface area contributed by atoms with Crippen molar-refractivity contribution in [1.29, 1.82) is 0 Å². The number of carbonyl (C=O) groups is 2. The second-order valence-electron chi connectivity index (χ2n) is 5.82. The lowest BCUT2D eigenvalue weighted by atomic mass is 9.97. The molecule has 2 aliphatic rings. The maximum atomic E-state index is 12.6. The van der Waals surface area contributed by atoms with Crippen molar-refractivity contribution in [2.24, 2.45) is 7.05 Å². The second kappa shape index (κ2) is 4.91. The molecule has 0 bridgehead atoms. The summed E-state index contributed by atoms with van der Waals surface area (Å²) in [4.78, 5) is 27.2. The number of rotatable bonds is 1. The van der Waals surface area contributed by atoms with Crippen LogP contribution in [0.25, 0.3) is 0 Å². The monoisotopic (exact) mass is 311 g/mol. The zero-order valence-electron chi connectivity index (χ0n) is 12.1. The average Bonchev–Trinajstić information content (AvgIpc) is 3.10. The van der Waals surface area contributed by atoms with E-state index in [-0.39, 0.29) is 17.5 Å². The summed E-state index contributed by atoms with van der Waals surface area (Å²) in [6, 6.07) is -0.145. The topological polar surface area (TPSA) is 70.5 Å². The molecule has 1 aromatic heterocycles. The van der Waals surface area contributed by atoms with E-state index >= 15 is 0 Å². The number of nitrogens with one attached hydrogen (secondary N) is 1. The minimum absolute atomic E-state index is 0.0745. The van der Waals surface area contributed by atoms with Crippen molar-refractivity contribution in [3.05, 3.63) is 11.2 Å². The van der Waals surface area contributed by atoms with Gasteiger partial charge in [0.15, 0.2) is 5.82 Å². The summed E-state index contributed by atoms with van der Waals surface area (Å²) in [6.45, 7) is 1.18. The molecule has 0 radical (unpaired) electrons. The van der Waals surface area contributed by atoms with Gasteiger partial charge in [-0.1, -0.05) is 11.6 Å². The molecule has 3 amide bonds. The lowest BCUT2D eigenvalue weighted by Crippen LogP contribution is -2.47. The Morgan fingerprint density at radius 2 is 2.29 bits per heavy atom. The van der Waals surface area contributed by atoms with Gasteiger partial charge in [-0.25, -0.2) is 4.79 Å². The summed E-state index contributed by atoms with van der Waals surface area (Å²) in [7, 11) is 3.42. The first-order valence-electron chi connectivity index (χ1n) is 6.93. The lowest BCUT2D eigenvalue weighted by Gasteiger charge is -2.26. The maximum Gasteiger partial charge on any atom is 0.325 e. The van der Waals surface area contributed by atoms with Crippen molar-refractivity contribution in [3.63, 3.8) is 0 Å². The molecule has 8 heteroatoms. The van der Waals surface area contributed by atoms with Crippen molar-refractivity contribution < 1.29 is 9.59 Å². The highest BCUT2D eigenvalue weighted by Gasteiger charge is 2.45. The smallest absolute Gasteiger partial charge is 0.325 e. The summed E-state index contributed by atoms with van der Waals surface area (Å²) < 4.78 is 1.57. The van der Waals surface area contributed by atoms with Crippen LogP contribution in [0.4, 0.5) is 10.6 Å². The standard InChI is InChI=1S/C13H18ClN5O2/c1-17-7-9(14)11(16-17)18(2)12(21)19-6-5-13(8-19)4-3-10(20)15-13/h7H,3-6,8H2,1-2H3,(H,15,20). The van der Waals surface area contributed by atoms with Crippen LogP contribution in [0, 0.1) is 0 Å². The van der Waals surface area contributed by atoms with Gasteiger partial charge < -0.3 is 10.2 Å². The van der Waals surface area contributed by atoms with Crippen LogP contribution in [-0.4, -0.2) is 52.3 Å². The third-order valence-corrected chi connectivity index (χ3v) is 4.50. The molecule has 7 nitrogen and oxygen atoms in total. The van der Waals surface area contributed by atoms with Crippen LogP contribution in [0.3, 0.4) is 0 Å². The Kier molecular flexibility index (Phi) is 3.32. The van der Waals surface area contributed by atoms with Gasteiger partial charge >= 0.3 is 6.03 Å². The number of hydrogen-bond donors (Lipinski definition) is 1. The minimum atomic E-state index is -0.235. The van der Waals surface area contributed by atoms with Gasteiger partial charge in [0.05, 0.1) is 5.54 Å². The number of likely N-dealkylation sites (tertiary alicyclic amines) is 1. The number of halogens is 1. The van der Waals surface area contributed by atoms with Gasteiger partial charge in [0.1, 0.15) is 5.02 Å². The quantitative estimate of drug-likeness (QED) is 0.840. The van der Waals surface area contributed by atoms with Crippen LogP contribution in [0.2, 0.25) is 5.02 Å². The van der Waals surface area contributed by atoms with E-state index in [1.807, 2.05) is 0 Å². The number of amides is 3. The Labute approximate surface area is 127 Å². The van der Waals surface area contributed by atoms with Gasteiger partial charge in [0.2, 0.25) is 5.91 Å². The first-order valence-corrected chi connectivity index (χ1v) is 7.31.